The van der Waals surface area contributed by atoms with E-state index in [0.717, 1.165) is 0 Å². The quantitative estimate of drug-likeness (QED) is 0.635. The van der Waals surface area contributed by atoms with Gasteiger partial charge in [0.2, 0.25) is 0 Å². The monoisotopic (exact) mass is 165 g/mol. The van der Waals surface area contributed by atoms with Crippen molar-refractivity contribution < 1.29 is 4.52 Å². The van der Waals surface area contributed by atoms with Crippen LogP contribution in [0.2, 0.25) is 0 Å². The molecule has 2 rings (SSSR count). The molecular weight excluding hydrogens is 158 g/mol. The van der Waals surface area contributed by atoms with Crippen molar-refractivity contribution in [1.29, 1.82) is 0 Å². The summed E-state index contributed by atoms with van der Waals surface area (Å²) in [5.41, 5.74) is 5.98. The Morgan fingerprint density at radius 1 is 1.58 bits per heavy atom. The smallest absolute Gasteiger partial charge is 0.278 e. The van der Waals surface area contributed by atoms with E-state index in [2.05, 4.69) is 20.3 Å². The van der Waals surface area contributed by atoms with E-state index in [4.69, 9.17) is 10.3 Å². The van der Waals surface area contributed by atoms with Crippen LogP contribution < -0.4 is 5.73 Å². The summed E-state index contributed by atoms with van der Waals surface area (Å²) in [5, 5.41) is 10.1. The van der Waals surface area contributed by atoms with Crippen LogP contribution >= 0.6 is 0 Å². The minimum absolute atomic E-state index is 0.375. The Hall–Kier alpha value is -1.85. The van der Waals surface area contributed by atoms with Gasteiger partial charge in [-0.3, -0.25) is 5.10 Å². The van der Waals surface area contributed by atoms with Gasteiger partial charge in [-0.1, -0.05) is 5.16 Å². The van der Waals surface area contributed by atoms with Gasteiger partial charge in [0, 0.05) is 6.07 Å². The number of aryl methyl sites for hydroxylation is 1. The summed E-state index contributed by atoms with van der Waals surface area (Å²) < 4.78 is 4.86. The first-order chi connectivity index (χ1) is 5.75. The van der Waals surface area contributed by atoms with Crippen LogP contribution in [-0.2, 0) is 0 Å². The maximum Gasteiger partial charge on any atom is 0.278 e. The molecule has 0 saturated heterocycles. The average Bonchev–Trinajstić information content (AvgIpc) is 2.58. The number of nitrogen functional groups attached to an aromatic ring is 1. The fourth-order valence-corrected chi connectivity index (χ4v) is 0.847. The minimum Gasteiger partial charge on any atom is -0.384 e. The molecule has 0 bridgehead atoms. The summed E-state index contributed by atoms with van der Waals surface area (Å²) in [6, 6.07) is 1.63. The largest absolute Gasteiger partial charge is 0.384 e. The molecule has 62 valence electrons. The Labute approximate surface area is 67.8 Å². The molecule has 0 aromatic carbocycles. The Morgan fingerprint density at radius 2 is 2.42 bits per heavy atom. The van der Waals surface area contributed by atoms with Crippen LogP contribution in [0.3, 0.4) is 0 Å². The van der Waals surface area contributed by atoms with Crippen LogP contribution in [0.15, 0.2) is 10.6 Å². The number of hydrogen-bond acceptors (Lipinski definition) is 5. The molecule has 2 aromatic heterocycles. The van der Waals surface area contributed by atoms with E-state index in [-0.39, 0.29) is 0 Å². The van der Waals surface area contributed by atoms with Gasteiger partial charge in [-0.25, -0.2) is 0 Å². The van der Waals surface area contributed by atoms with Crippen LogP contribution in [0.1, 0.15) is 5.82 Å². The third-order valence-corrected chi connectivity index (χ3v) is 1.34. The molecule has 0 aliphatic heterocycles. The molecular formula is C6H7N5O. The molecule has 0 amide bonds. The number of anilines is 1. The zero-order chi connectivity index (χ0) is 8.55. The first-order valence-corrected chi connectivity index (χ1v) is 3.37. The van der Waals surface area contributed by atoms with Crippen molar-refractivity contribution in [2.45, 2.75) is 6.92 Å². The zero-order valence-electron chi connectivity index (χ0n) is 6.40. The molecule has 0 aliphatic rings. The number of aromatic nitrogens is 4. The Balaban J connectivity index is 2.43. The summed E-state index contributed by atoms with van der Waals surface area (Å²) in [6.45, 7) is 1.74. The van der Waals surface area contributed by atoms with Gasteiger partial charge >= 0.3 is 0 Å². The molecule has 0 atom stereocenters. The van der Waals surface area contributed by atoms with Crippen LogP contribution in [0, 0.1) is 6.92 Å². The van der Waals surface area contributed by atoms with Gasteiger partial charge in [0.1, 0.15) is 5.82 Å². The van der Waals surface area contributed by atoms with Crippen molar-refractivity contribution in [2.75, 3.05) is 5.73 Å². The van der Waals surface area contributed by atoms with E-state index in [0.29, 0.717) is 23.2 Å². The second-order valence-electron chi connectivity index (χ2n) is 2.36. The van der Waals surface area contributed by atoms with E-state index in [1.54, 1.807) is 13.0 Å². The number of rotatable bonds is 1. The summed E-state index contributed by atoms with van der Waals surface area (Å²) in [7, 11) is 0. The van der Waals surface area contributed by atoms with Crippen LogP contribution in [0.5, 0.6) is 0 Å². The van der Waals surface area contributed by atoms with E-state index in [1.807, 2.05) is 0 Å². The summed E-state index contributed by atoms with van der Waals surface area (Å²) in [5.74, 6) is 1.42. The maximum atomic E-state index is 5.41. The van der Waals surface area contributed by atoms with Gasteiger partial charge in [-0.05, 0) is 6.92 Å². The molecule has 2 aromatic rings. The number of nitrogens with two attached hydrogens (primary N) is 1. The van der Waals surface area contributed by atoms with Crippen molar-refractivity contribution in [3.8, 4) is 11.6 Å². The Morgan fingerprint density at radius 3 is 2.92 bits per heavy atom. The number of H-pyrrole nitrogens is 1. The fourth-order valence-electron chi connectivity index (χ4n) is 0.847. The molecule has 0 saturated carbocycles. The molecule has 0 fully saturated rings. The molecule has 0 unspecified atom stereocenters. The first kappa shape index (κ1) is 6.84. The molecule has 3 N–H and O–H groups in total. The number of nitrogens with zero attached hydrogens (tertiary/aromatic N) is 3. The van der Waals surface area contributed by atoms with Crippen molar-refractivity contribution >= 4 is 5.82 Å². The number of hydrogen-bond donors (Lipinski definition) is 2. The normalized spacial score (nSPS) is 10.4. The average molecular weight is 165 g/mol. The summed E-state index contributed by atoms with van der Waals surface area (Å²) >= 11 is 0. The molecule has 6 heteroatoms. The summed E-state index contributed by atoms with van der Waals surface area (Å²) in [6.07, 6.45) is 0. The number of aromatic amines is 1. The third kappa shape index (κ3) is 1.03. The molecule has 0 spiro atoms. The van der Waals surface area contributed by atoms with Crippen molar-refractivity contribution in [3.05, 3.63) is 11.9 Å². The van der Waals surface area contributed by atoms with Crippen LogP contribution in [-0.4, -0.2) is 20.3 Å². The topological polar surface area (TPSA) is 93.6 Å². The number of nitrogens with one attached hydrogen (secondary N) is 1. The van der Waals surface area contributed by atoms with Gasteiger partial charge in [-0.15, -0.1) is 0 Å². The highest BCUT2D eigenvalue weighted by Gasteiger charge is 2.08. The van der Waals surface area contributed by atoms with Gasteiger partial charge in [0.05, 0.1) is 0 Å². The second kappa shape index (κ2) is 2.33. The van der Waals surface area contributed by atoms with E-state index in [1.165, 1.54) is 0 Å². The fraction of sp³-hybridized carbons (Fsp3) is 0.167. The maximum absolute atomic E-state index is 5.41. The van der Waals surface area contributed by atoms with Crippen molar-refractivity contribution in [1.82, 2.24) is 20.3 Å². The zero-order valence-corrected chi connectivity index (χ0v) is 6.40. The lowest BCUT2D eigenvalue weighted by Crippen LogP contribution is -1.81. The second-order valence-corrected chi connectivity index (χ2v) is 2.36. The molecule has 0 aliphatic carbocycles. The van der Waals surface area contributed by atoms with Gasteiger partial charge in [-0.2, -0.15) is 10.1 Å². The molecule has 2 heterocycles. The highest BCUT2D eigenvalue weighted by Crippen LogP contribution is 2.15. The minimum atomic E-state index is 0.375. The predicted molar refractivity (Wildman–Crippen MR) is 41.0 cm³/mol. The molecule has 12 heavy (non-hydrogen) atoms. The third-order valence-electron chi connectivity index (χ3n) is 1.34. The van der Waals surface area contributed by atoms with E-state index < -0.39 is 0 Å². The van der Waals surface area contributed by atoms with Gasteiger partial charge in [0.15, 0.2) is 11.5 Å². The SMILES string of the molecule is Cc1noc(-c2cc(N)[nH]n2)n1. The lowest BCUT2D eigenvalue weighted by molar-refractivity contribution is 0.424. The van der Waals surface area contributed by atoms with Crippen LogP contribution in [0.25, 0.3) is 11.6 Å². The first-order valence-electron chi connectivity index (χ1n) is 3.37. The lowest BCUT2D eigenvalue weighted by atomic mass is 10.4. The summed E-state index contributed by atoms with van der Waals surface area (Å²) in [4.78, 5) is 3.98. The Kier molecular flexibility index (Phi) is 1.33. The van der Waals surface area contributed by atoms with Crippen LogP contribution in [0.4, 0.5) is 5.82 Å². The standard InChI is InChI=1S/C6H7N5O/c1-3-8-6(12-11-3)4-2-5(7)10-9-4/h2H,1H3,(H3,7,9,10). The highest BCUT2D eigenvalue weighted by atomic mass is 16.5. The predicted octanol–water partition coefficient (Wildman–Crippen LogP) is 0.350. The molecule has 0 radical (unpaired) electrons. The van der Waals surface area contributed by atoms with E-state index in [9.17, 15) is 0 Å². The highest BCUT2D eigenvalue weighted by molar-refractivity contribution is 5.51. The molecule has 6 nitrogen and oxygen atoms in total. The van der Waals surface area contributed by atoms with Crippen molar-refractivity contribution in [2.24, 2.45) is 0 Å². The van der Waals surface area contributed by atoms with Gasteiger partial charge in [0.25, 0.3) is 5.89 Å². The lowest BCUT2D eigenvalue weighted by Gasteiger charge is -1.79. The van der Waals surface area contributed by atoms with Crippen molar-refractivity contribution in [3.63, 3.8) is 0 Å². The van der Waals surface area contributed by atoms with Gasteiger partial charge < -0.3 is 10.3 Å². The van der Waals surface area contributed by atoms with E-state index >= 15 is 0 Å². The Bertz CT molecular complexity index is 352.